The number of rotatable bonds is 8. The van der Waals surface area contributed by atoms with Crippen molar-refractivity contribution >= 4 is 11.8 Å². The van der Waals surface area contributed by atoms with Crippen LogP contribution >= 0.6 is 11.8 Å². The highest BCUT2D eigenvalue weighted by Gasteiger charge is 2.29. The number of thioether (sulfide) groups is 1. The van der Waals surface area contributed by atoms with Crippen molar-refractivity contribution in [3.05, 3.63) is 105 Å². The average Bonchev–Trinajstić information content (AvgIpc) is 2.91. The van der Waals surface area contributed by atoms with Gasteiger partial charge in [-0.2, -0.15) is 18.4 Å². The van der Waals surface area contributed by atoms with Gasteiger partial charge in [0.05, 0.1) is 18.4 Å². The molecular formula is C27H20F3N3O3S. The molecule has 0 fully saturated rings. The predicted octanol–water partition coefficient (Wildman–Crippen LogP) is 6.21. The molecule has 0 aliphatic rings. The summed E-state index contributed by atoms with van der Waals surface area (Å²) in [7, 11) is 1.60. The number of nitrogens with zero attached hydrogens (tertiary/aromatic N) is 2. The van der Waals surface area contributed by atoms with E-state index in [4.69, 9.17) is 9.47 Å². The first kappa shape index (κ1) is 25.9. The summed E-state index contributed by atoms with van der Waals surface area (Å²) < 4.78 is 49.3. The summed E-state index contributed by atoms with van der Waals surface area (Å²) >= 11 is 1.15. The van der Waals surface area contributed by atoms with Crippen molar-refractivity contribution in [2.75, 3.05) is 7.11 Å². The van der Waals surface area contributed by atoms with Gasteiger partial charge < -0.3 is 14.5 Å². The fraction of sp³-hybridized carbons (Fsp3) is 0.148. The third-order valence-corrected chi connectivity index (χ3v) is 6.30. The van der Waals surface area contributed by atoms with Gasteiger partial charge in [-0.05, 0) is 59.7 Å². The number of hydrogen-bond acceptors (Lipinski definition) is 6. The summed E-state index contributed by atoms with van der Waals surface area (Å²) in [5.74, 6) is 1.63. The van der Waals surface area contributed by atoms with Crippen molar-refractivity contribution in [1.82, 2.24) is 9.97 Å². The van der Waals surface area contributed by atoms with E-state index >= 15 is 0 Å². The van der Waals surface area contributed by atoms with E-state index in [2.05, 4.69) is 9.97 Å². The van der Waals surface area contributed by atoms with E-state index in [1.54, 1.807) is 31.4 Å². The molecule has 10 heteroatoms. The molecular weight excluding hydrogens is 503 g/mol. The monoisotopic (exact) mass is 523 g/mol. The third kappa shape index (κ3) is 6.51. The minimum Gasteiger partial charge on any atom is -0.497 e. The summed E-state index contributed by atoms with van der Waals surface area (Å²) in [6, 6.07) is 21.0. The summed E-state index contributed by atoms with van der Waals surface area (Å²) in [4.78, 5) is 19.5. The molecule has 188 valence electrons. The Hall–Kier alpha value is -4.23. The van der Waals surface area contributed by atoms with E-state index in [-0.39, 0.29) is 22.2 Å². The van der Waals surface area contributed by atoms with Crippen LogP contribution in [0.5, 0.6) is 11.5 Å². The van der Waals surface area contributed by atoms with Crippen LogP contribution in [0, 0.1) is 11.3 Å². The van der Waals surface area contributed by atoms with Crippen LogP contribution in [0.25, 0.3) is 11.3 Å². The largest absolute Gasteiger partial charge is 0.497 e. The Balaban J connectivity index is 1.48. The van der Waals surface area contributed by atoms with Crippen LogP contribution in [-0.4, -0.2) is 17.1 Å². The lowest BCUT2D eigenvalue weighted by atomic mass is 10.1. The molecule has 1 aromatic heterocycles. The van der Waals surface area contributed by atoms with Crippen LogP contribution in [-0.2, 0) is 18.5 Å². The number of hydrogen-bond donors (Lipinski definition) is 1. The van der Waals surface area contributed by atoms with Gasteiger partial charge in [-0.3, -0.25) is 4.79 Å². The molecule has 0 bridgehead atoms. The summed E-state index contributed by atoms with van der Waals surface area (Å²) in [5, 5.41) is 9.76. The van der Waals surface area contributed by atoms with Crippen molar-refractivity contribution in [1.29, 1.82) is 5.26 Å². The Labute approximate surface area is 214 Å². The summed E-state index contributed by atoms with van der Waals surface area (Å²) in [6.45, 7) is 0.348. The maximum atomic E-state index is 12.8. The summed E-state index contributed by atoms with van der Waals surface area (Å²) in [5.41, 5.74) is 0.893. The second-order valence-electron chi connectivity index (χ2n) is 7.85. The molecule has 37 heavy (non-hydrogen) atoms. The van der Waals surface area contributed by atoms with Crippen molar-refractivity contribution in [2.24, 2.45) is 0 Å². The molecule has 0 aliphatic carbocycles. The second kappa shape index (κ2) is 11.2. The maximum Gasteiger partial charge on any atom is 0.416 e. The van der Waals surface area contributed by atoms with Gasteiger partial charge in [-0.1, -0.05) is 36.0 Å². The van der Waals surface area contributed by atoms with Gasteiger partial charge in [0.15, 0.2) is 5.16 Å². The Morgan fingerprint density at radius 2 is 1.57 bits per heavy atom. The highest BCUT2D eigenvalue weighted by atomic mass is 32.2. The first-order valence-electron chi connectivity index (χ1n) is 11.0. The number of methoxy groups -OCH3 is 1. The van der Waals surface area contributed by atoms with Gasteiger partial charge in [-0.15, -0.1) is 0 Å². The minimum atomic E-state index is -4.41. The quantitative estimate of drug-likeness (QED) is 0.218. The number of benzene rings is 3. The van der Waals surface area contributed by atoms with Gasteiger partial charge in [0, 0.05) is 11.3 Å². The SMILES string of the molecule is COc1ccc(COc2ccc(-c3nc(SCc4ccc(C(F)(F)F)cc4)[nH]c(=O)c3C#N)cc2)cc1. The highest BCUT2D eigenvalue weighted by molar-refractivity contribution is 7.98. The van der Waals surface area contributed by atoms with Crippen LogP contribution in [0.1, 0.15) is 22.3 Å². The molecule has 4 rings (SSSR count). The number of nitriles is 1. The van der Waals surface area contributed by atoms with Gasteiger partial charge in [-0.25, -0.2) is 4.98 Å². The fourth-order valence-electron chi connectivity index (χ4n) is 3.37. The van der Waals surface area contributed by atoms with Gasteiger partial charge in [0.1, 0.15) is 29.7 Å². The molecule has 1 heterocycles. The number of nitrogens with one attached hydrogen (secondary N) is 1. The second-order valence-corrected chi connectivity index (χ2v) is 8.82. The van der Waals surface area contributed by atoms with Crippen LogP contribution in [0.2, 0.25) is 0 Å². The lowest BCUT2D eigenvalue weighted by molar-refractivity contribution is -0.137. The third-order valence-electron chi connectivity index (χ3n) is 5.36. The molecule has 0 amide bonds. The zero-order valence-corrected chi connectivity index (χ0v) is 20.3. The normalized spacial score (nSPS) is 11.1. The zero-order chi connectivity index (χ0) is 26.4. The van der Waals surface area contributed by atoms with Crippen molar-refractivity contribution < 1.29 is 22.6 Å². The molecule has 0 spiro atoms. The first-order chi connectivity index (χ1) is 17.8. The first-order valence-corrected chi connectivity index (χ1v) is 11.9. The van der Waals surface area contributed by atoms with E-state index in [1.807, 2.05) is 30.3 Å². The highest BCUT2D eigenvalue weighted by Crippen LogP contribution is 2.30. The van der Waals surface area contributed by atoms with E-state index in [0.29, 0.717) is 23.5 Å². The minimum absolute atomic E-state index is 0.134. The van der Waals surface area contributed by atoms with Crippen LogP contribution in [0.4, 0.5) is 13.2 Å². The fourth-order valence-corrected chi connectivity index (χ4v) is 4.19. The molecule has 0 saturated heterocycles. The van der Waals surface area contributed by atoms with Gasteiger partial charge in [0.25, 0.3) is 5.56 Å². The molecule has 1 N–H and O–H groups in total. The topological polar surface area (TPSA) is 88.0 Å². The van der Waals surface area contributed by atoms with Crippen LogP contribution in [0.3, 0.4) is 0 Å². The smallest absolute Gasteiger partial charge is 0.416 e. The molecule has 0 saturated carbocycles. The molecule has 0 unspecified atom stereocenters. The standard InChI is InChI=1S/C27H20F3N3O3S/c1-35-21-10-4-17(5-11-21)15-36-22-12-6-19(7-13-22)24-23(14-31)25(34)33-26(32-24)37-16-18-2-8-20(9-3-18)27(28,29)30/h2-13H,15-16H2,1H3,(H,32,33,34). The van der Waals surface area contributed by atoms with Crippen molar-refractivity contribution in [3.8, 4) is 28.8 Å². The predicted molar refractivity (Wildman–Crippen MR) is 133 cm³/mol. The van der Waals surface area contributed by atoms with E-state index in [9.17, 15) is 23.2 Å². The molecule has 6 nitrogen and oxygen atoms in total. The van der Waals surface area contributed by atoms with Crippen molar-refractivity contribution in [2.45, 2.75) is 23.7 Å². The van der Waals surface area contributed by atoms with Gasteiger partial charge in [0.2, 0.25) is 0 Å². The van der Waals surface area contributed by atoms with E-state index in [0.717, 1.165) is 35.2 Å². The number of alkyl halides is 3. The maximum absolute atomic E-state index is 12.8. The Bertz CT molecular complexity index is 1460. The number of ether oxygens (including phenoxy) is 2. The van der Waals surface area contributed by atoms with Crippen LogP contribution in [0.15, 0.2) is 82.7 Å². The molecule has 3 aromatic carbocycles. The average molecular weight is 524 g/mol. The Kier molecular flexibility index (Phi) is 7.84. The molecule has 0 aliphatic heterocycles. The number of H-pyrrole nitrogens is 1. The van der Waals surface area contributed by atoms with Gasteiger partial charge >= 0.3 is 6.18 Å². The van der Waals surface area contributed by atoms with Crippen molar-refractivity contribution in [3.63, 3.8) is 0 Å². The molecule has 0 atom stereocenters. The van der Waals surface area contributed by atoms with E-state index < -0.39 is 17.3 Å². The Morgan fingerprint density at radius 3 is 2.16 bits per heavy atom. The zero-order valence-electron chi connectivity index (χ0n) is 19.5. The Morgan fingerprint density at radius 1 is 0.946 bits per heavy atom. The number of aromatic amines is 1. The molecule has 4 aromatic rings. The van der Waals surface area contributed by atoms with Crippen LogP contribution < -0.4 is 15.0 Å². The summed E-state index contributed by atoms with van der Waals surface area (Å²) in [6.07, 6.45) is -4.41. The lowest BCUT2D eigenvalue weighted by Crippen LogP contribution is -2.14. The number of halogens is 3. The molecule has 0 radical (unpaired) electrons. The number of aromatic nitrogens is 2. The lowest BCUT2D eigenvalue weighted by Gasteiger charge is -2.10. The van der Waals surface area contributed by atoms with E-state index in [1.165, 1.54) is 12.1 Å².